The summed E-state index contributed by atoms with van der Waals surface area (Å²) in [5, 5.41) is 28.4. The van der Waals surface area contributed by atoms with Crippen LogP contribution < -0.4 is 4.90 Å². The summed E-state index contributed by atoms with van der Waals surface area (Å²) in [5.74, 6) is 0.411. The second kappa shape index (κ2) is 5.23. The second-order valence-corrected chi connectivity index (χ2v) is 3.55. The molecule has 0 aliphatic rings. The molecule has 1 unspecified atom stereocenters. The molecule has 7 heteroatoms. The molecule has 0 bridgehead atoms. The molecule has 0 fully saturated rings. The Morgan fingerprint density at radius 3 is 2.82 bits per heavy atom. The number of nitrogens with zero attached hydrogens (tertiary/aromatic N) is 4. The molecule has 0 aliphatic carbocycles. The van der Waals surface area contributed by atoms with Crippen molar-refractivity contribution in [3.05, 3.63) is 27.9 Å². The number of aliphatic hydroxyl groups excluding tert-OH is 1. The summed E-state index contributed by atoms with van der Waals surface area (Å²) in [6.07, 6.45) is 0. The summed E-state index contributed by atoms with van der Waals surface area (Å²) in [6, 6.07) is 4.19. The predicted octanol–water partition coefficient (Wildman–Crippen LogP) is 0.678. The highest BCUT2D eigenvalue weighted by atomic mass is 16.6. The largest absolute Gasteiger partial charge is 0.394 e. The zero-order chi connectivity index (χ0) is 13.0. The first-order valence-corrected chi connectivity index (χ1v) is 4.90. The van der Waals surface area contributed by atoms with E-state index in [1.54, 1.807) is 24.9 Å². The molecule has 0 aliphatic heterocycles. The SMILES string of the molecule is CC(CO)N(C)c1ccc([N+](=O)[O-])c(C#N)n1. The second-order valence-electron chi connectivity index (χ2n) is 3.55. The molecular weight excluding hydrogens is 224 g/mol. The number of aliphatic hydroxyl groups is 1. The lowest BCUT2D eigenvalue weighted by Crippen LogP contribution is -2.32. The van der Waals surface area contributed by atoms with Gasteiger partial charge >= 0.3 is 5.69 Å². The topological polar surface area (TPSA) is 103 Å². The van der Waals surface area contributed by atoms with E-state index in [1.807, 2.05) is 0 Å². The monoisotopic (exact) mass is 236 g/mol. The van der Waals surface area contributed by atoms with Crippen LogP contribution >= 0.6 is 0 Å². The number of pyridine rings is 1. The van der Waals surface area contributed by atoms with Crippen LogP contribution in [-0.4, -0.2) is 34.7 Å². The first-order valence-electron chi connectivity index (χ1n) is 4.90. The molecule has 90 valence electrons. The van der Waals surface area contributed by atoms with Crippen LogP contribution in [0.1, 0.15) is 12.6 Å². The van der Waals surface area contributed by atoms with E-state index in [-0.39, 0.29) is 24.0 Å². The summed E-state index contributed by atoms with van der Waals surface area (Å²) in [7, 11) is 1.69. The van der Waals surface area contributed by atoms with Gasteiger partial charge in [0.25, 0.3) is 0 Å². The standard InChI is InChI=1S/C10H12N4O3/c1-7(6-15)13(2)10-4-3-9(14(16)17)8(5-11)12-10/h3-4,7,15H,6H2,1-2H3. The maximum absolute atomic E-state index is 10.6. The van der Waals surface area contributed by atoms with Gasteiger partial charge in [-0.3, -0.25) is 10.1 Å². The Morgan fingerprint density at radius 1 is 1.71 bits per heavy atom. The molecule has 1 N–H and O–H groups in total. The number of anilines is 1. The van der Waals surface area contributed by atoms with Gasteiger partial charge in [0.15, 0.2) is 0 Å². The molecule has 0 saturated heterocycles. The Bertz CT molecular complexity index is 469. The Kier molecular flexibility index (Phi) is 3.96. The van der Waals surface area contributed by atoms with Crippen LogP contribution in [0.15, 0.2) is 12.1 Å². The Labute approximate surface area is 98.1 Å². The Hall–Kier alpha value is -2.20. The zero-order valence-corrected chi connectivity index (χ0v) is 9.49. The van der Waals surface area contributed by atoms with Crippen LogP contribution in [0.5, 0.6) is 0 Å². The highest BCUT2D eigenvalue weighted by molar-refractivity contribution is 5.51. The fourth-order valence-corrected chi connectivity index (χ4v) is 1.22. The van der Waals surface area contributed by atoms with Crippen molar-refractivity contribution in [1.29, 1.82) is 5.26 Å². The van der Waals surface area contributed by atoms with Gasteiger partial charge in [-0.15, -0.1) is 0 Å². The minimum absolute atomic E-state index is 0.0724. The quantitative estimate of drug-likeness (QED) is 0.609. The lowest BCUT2D eigenvalue weighted by Gasteiger charge is -2.23. The van der Waals surface area contributed by atoms with E-state index in [0.29, 0.717) is 5.82 Å². The van der Waals surface area contributed by atoms with Crippen molar-refractivity contribution in [3.8, 4) is 6.07 Å². The molecule has 1 aromatic heterocycles. The summed E-state index contributed by atoms with van der Waals surface area (Å²) in [6.45, 7) is 1.70. The Balaban J connectivity index is 3.15. The minimum Gasteiger partial charge on any atom is -0.394 e. The van der Waals surface area contributed by atoms with E-state index in [4.69, 9.17) is 10.4 Å². The smallest absolute Gasteiger partial charge is 0.305 e. The van der Waals surface area contributed by atoms with E-state index in [0.717, 1.165) is 0 Å². The van der Waals surface area contributed by atoms with Crippen molar-refractivity contribution in [2.24, 2.45) is 0 Å². The van der Waals surface area contributed by atoms with Gasteiger partial charge in [-0.1, -0.05) is 0 Å². The van der Waals surface area contributed by atoms with Gasteiger partial charge in [-0.25, -0.2) is 4.98 Å². The number of aromatic nitrogens is 1. The predicted molar refractivity (Wildman–Crippen MR) is 60.6 cm³/mol. The third kappa shape index (κ3) is 2.68. The summed E-state index contributed by atoms with van der Waals surface area (Å²) in [4.78, 5) is 15.5. The van der Waals surface area contributed by atoms with Gasteiger partial charge in [0, 0.05) is 13.1 Å². The number of nitriles is 1. The van der Waals surface area contributed by atoms with Crippen molar-refractivity contribution >= 4 is 11.5 Å². The highest BCUT2D eigenvalue weighted by Crippen LogP contribution is 2.20. The van der Waals surface area contributed by atoms with Gasteiger partial charge < -0.3 is 10.0 Å². The van der Waals surface area contributed by atoms with Crippen LogP contribution in [0.3, 0.4) is 0 Å². The molecule has 0 aromatic carbocycles. The van der Waals surface area contributed by atoms with Crippen LogP contribution in [0.4, 0.5) is 11.5 Å². The molecule has 0 radical (unpaired) electrons. The summed E-state index contributed by atoms with van der Waals surface area (Å²) in [5.41, 5.74) is -0.550. The number of likely N-dealkylation sites (N-methyl/N-ethyl adjacent to an activating group) is 1. The molecule has 1 heterocycles. The third-order valence-electron chi connectivity index (χ3n) is 2.45. The number of nitro groups is 1. The van der Waals surface area contributed by atoms with E-state index >= 15 is 0 Å². The molecule has 0 spiro atoms. The lowest BCUT2D eigenvalue weighted by molar-refractivity contribution is -0.385. The maximum Gasteiger partial charge on any atom is 0.305 e. The van der Waals surface area contributed by atoms with Crippen molar-refractivity contribution in [3.63, 3.8) is 0 Å². The molecule has 1 atom stereocenters. The van der Waals surface area contributed by atoms with E-state index in [9.17, 15) is 10.1 Å². The van der Waals surface area contributed by atoms with Crippen molar-refractivity contribution in [1.82, 2.24) is 4.98 Å². The van der Waals surface area contributed by atoms with Crippen LogP contribution in [0, 0.1) is 21.4 Å². The van der Waals surface area contributed by atoms with E-state index in [2.05, 4.69) is 4.98 Å². The van der Waals surface area contributed by atoms with Crippen molar-refractivity contribution in [2.45, 2.75) is 13.0 Å². The number of rotatable bonds is 4. The maximum atomic E-state index is 10.6. The van der Waals surface area contributed by atoms with Gasteiger partial charge in [-0.2, -0.15) is 5.26 Å². The van der Waals surface area contributed by atoms with Crippen LogP contribution in [-0.2, 0) is 0 Å². The first kappa shape index (κ1) is 12.9. The Morgan fingerprint density at radius 2 is 2.35 bits per heavy atom. The average Bonchev–Trinajstić information content (AvgIpc) is 2.35. The number of hydrogen-bond donors (Lipinski definition) is 1. The molecule has 1 aromatic rings. The van der Waals surface area contributed by atoms with Gasteiger partial charge in [-0.05, 0) is 13.0 Å². The molecule has 0 saturated carbocycles. The third-order valence-corrected chi connectivity index (χ3v) is 2.45. The average molecular weight is 236 g/mol. The van der Waals surface area contributed by atoms with Gasteiger partial charge in [0.2, 0.25) is 5.69 Å². The lowest BCUT2D eigenvalue weighted by atomic mass is 10.2. The van der Waals surface area contributed by atoms with Gasteiger partial charge in [0.05, 0.1) is 17.6 Å². The van der Waals surface area contributed by atoms with Crippen LogP contribution in [0.2, 0.25) is 0 Å². The molecular formula is C10H12N4O3. The summed E-state index contributed by atoms with van der Waals surface area (Å²) < 4.78 is 0. The fourth-order valence-electron chi connectivity index (χ4n) is 1.22. The molecule has 1 rings (SSSR count). The van der Waals surface area contributed by atoms with Crippen molar-refractivity contribution in [2.75, 3.05) is 18.6 Å². The minimum atomic E-state index is -0.648. The molecule has 17 heavy (non-hydrogen) atoms. The van der Waals surface area contributed by atoms with Crippen molar-refractivity contribution < 1.29 is 10.0 Å². The van der Waals surface area contributed by atoms with Gasteiger partial charge in [0.1, 0.15) is 11.9 Å². The normalized spacial score (nSPS) is 11.6. The molecule has 7 nitrogen and oxygen atoms in total. The zero-order valence-electron chi connectivity index (χ0n) is 9.49. The van der Waals surface area contributed by atoms with Crippen LogP contribution in [0.25, 0.3) is 0 Å². The molecule has 0 amide bonds. The van der Waals surface area contributed by atoms with E-state index in [1.165, 1.54) is 12.1 Å². The summed E-state index contributed by atoms with van der Waals surface area (Å²) >= 11 is 0. The first-order chi connectivity index (χ1) is 8.01. The fraction of sp³-hybridized carbons (Fsp3) is 0.400. The highest BCUT2D eigenvalue weighted by Gasteiger charge is 2.18. The number of hydrogen-bond acceptors (Lipinski definition) is 6. The van der Waals surface area contributed by atoms with E-state index < -0.39 is 4.92 Å².